The lowest BCUT2D eigenvalue weighted by atomic mass is 10.2. The summed E-state index contributed by atoms with van der Waals surface area (Å²) in [6.45, 7) is 0. The first-order chi connectivity index (χ1) is 10.7. The van der Waals surface area contributed by atoms with E-state index in [-0.39, 0.29) is 5.91 Å². The maximum absolute atomic E-state index is 11.8. The second kappa shape index (κ2) is 7.61. The number of methoxy groups -OCH3 is 2. The predicted octanol–water partition coefficient (Wildman–Crippen LogP) is 3.23. The fraction of sp³-hybridized carbons (Fsp3) is 0.125. The fourth-order valence-electron chi connectivity index (χ4n) is 1.83. The summed E-state index contributed by atoms with van der Waals surface area (Å²) in [4.78, 5) is 11.8. The van der Waals surface area contributed by atoms with Crippen molar-refractivity contribution in [3.8, 4) is 11.5 Å². The third kappa shape index (κ3) is 3.85. The van der Waals surface area contributed by atoms with E-state index in [9.17, 15) is 4.79 Å². The van der Waals surface area contributed by atoms with Crippen LogP contribution in [-0.4, -0.2) is 26.3 Å². The Labute approximate surface area is 137 Å². The van der Waals surface area contributed by atoms with Gasteiger partial charge in [-0.3, -0.25) is 4.79 Å². The van der Waals surface area contributed by atoms with Crippen LogP contribution in [0.1, 0.15) is 15.9 Å². The molecule has 0 aromatic heterocycles. The lowest BCUT2D eigenvalue weighted by Gasteiger charge is -2.10. The molecule has 1 amide bonds. The van der Waals surface area contributed by atoms with Crippen LogP contribution in [0.5, 0.6) is 11.5 Å². The highest BCUT2D eigenvalue weighted by Gasteiger charge is 2.09. The fourth-order valence-corrected chi connectivity index (χ4v) is 2.45. The van der Waals surface area contributed by atoms with Crippen LogP contribution in [0, 0.1) is 0 Å². The van der Waals surface area contributed by atoms with E-state index in [0.717, 1.165) is 10.0 Å². The van der Waals surface area contributed by atoms with Crippen LogP contribution in [0.3, 0.4) is 0 Å². The highest BCUT2D eigenvalue weighted by Crippen LogP contribution is 2.35. The Bertz CT molecular complexity index is 687. The molecule has 22 heavy (non-hydrogen) atoms. The summed E-state index contributed by atoms with van der Waals surface area (Å²) < 4.78 is 11.2. The van der Waals surface area contributed by atoms with Gasteiger partial charge in [-0.15, -0.1) is 0 Å². The summed E-state index contributed by atoms with van der Waals surface area (Å²) in [5.41, 5.74) is 3.79. The number of rotatable bonds is 5. The van der Waals surface area contributed by atoms with E-state index in [1.807, 2.05) is 12.1 Å². The van der Waals surface area contributed by atoms with Crippen molar-refractivity contribution in [2.75, 3.05) is 14.2 Å². The molecule has 0 aliphatic heterocycles. The summed E-state index contributed by atoms with van der Waals surface area (Å²) in [6, 6.07) is 12.5. The van der Waals surface area contributed by atoms with Gasteiger partial charge >= 0.3 is 0 Å². The Hall–Kier alpha value is -2.34. The number of carbonyl (C=O) groups excluding carboxylic acids is 1. The maximum Gasteiger partial charge on any atom is 0.271 e. The molecule has 0 radical (unpaired) electrons. The first-order valence-corrected chi connectivity index (χ1v) is 7.25. The third-order valence-corrected chi connectivity index (χ3v) is 3.46. The van der Waals surface area contributed by atoms with Gasteiger partial charge in [0.2, 0.25) is 0 Å². The van der Waals surface area contributed by atoms with E-state index in [1.54, 1.807) is 44.6 Å². The molecule has 5 nitrogen and oxygen atoms in total. The number of hydrogen-bond donors (Lipinski definition) is 1. The van der Waals surface area contributed by atoms with Crippen molar-refractivity contribution >= 4 is 28.1 Å². The quantitative estimate of drug-likeness (QED) is 0.656. The van der Waals surface area contributed by atoms with Gasteiger partial charge in [0.25, 0.3) is 5.91 Å². The minimum atomic E-state index is -0.267. The van der Waals surface area contributed by atoms with E-state index in [2.05, 4.69) is 26.5 Å². The second-order valence-electron chi connectivity index (χ2n) is 4.30. The van der Waals surface area contributed by atoms with E-state index in [4.69, 9.17) is 9.47 Å². The molecule has 0 bridgehead atoms. The molecular weight excluding hydrogens is 348 g/mol. The van der Waals surface area contributed by atoms with Gasteiger partial charge in [0.05, 0.1) is 24.9 Å². The minimum Gasteiger partial charge on any atom is -0.493 e. The zero-order valence-corrected chi connectivity index (χ0v) is 13.8. The summed E-state index contributed by atoms with van der Waals surface area (Å²) in [6.07, 6.45) is 1.54. The molecule has 2 rings (SSSR count). The average Bonchev–Trinajstić information content (AvgIpc) is 2.55. The summed E-state index contributed by atoms with van der Waals surface area (Å²) in [5, 5.41) is 3.95. The van der Waals surface area contributed by atoms with Crippen molar-refractivity contribution in [1.29, 1.82) is 0 Å². The van der Waals surface area contributed by atoms with Gasteiger partial charge in [-0.25, -0.2) is 5.43 Å². The van der Waals surface area contributed by atoms with Crippen LogP contribution < -0.4 is 14.9 Å². The van der Waals surface area contributed by atoms with Crippen molar-refractivity contribution in [1.82, 2.24) is 5.43 Å². The molecule has 2 aromatic rings. The number of hydrazone groups is 1. The monoisotopic (exact) mass is 362 g/mol. The van der Waals surface area contributed by atoms with E-state index in [0.29, 0.717) is 17.1 Å². The predicted molar refractivity (Wildman–Crippen MR) is 88.7 cm³/mol. The molecule has 0 heterocycles. The molecule has 0 aliphatic rings. The standard InChI is InChI=1S/C16H15BrN2O3/c1-21-14-9-11(8-13(17)15(14)22-2)10-18-19-16(20)12-6-4-3-5-7-12/h3-10H,1-2H3,(H,19,20)/b18-10+. The lowest BCUT2D eigenvalue weighted by Crippen LogP contribution is -2.17. The Morgan fingerprint density at radius 2 is 1.91 bits per heavy atom. The third-order valence-electron chi connectivity index (χ3n) is 2.87. The van der Waals surface area contributed by atoms with Crippen molar-refractivity contribution in [2.24, 2.45) is 5.10 Å². The Balaban J connectivity index is 2.10. The van der Waals surface area contributed by atoms with Crippen molar-refractivity contribution in [3.63, 3.8) is 0 Å². The van der Waals surface area contributed by atoms with Crippen molar-refractivity contribution in [3.05, 3.63) is 58.1 Å². The van der Waals surface area contributed by atoms with Gasteiger partial charge in [0, 0.05) is 5.56 Å². The highest BCUT2D eigenvalue weighted by atomic mass is 79.9. The molecule has 0 atom stereocenters. The largest absolute Gasteiger partial charge is 0.493 e. The zero-order chi connectivity index (χ0) is 15.9. The molecule has 0 aliphatic carbocycles. The van der Waals surface area contributed by atoms with Gasteiger partial charge in [-0.05, 0) is 45.8 Å². The van der Waals surface area contributed by atoms with Crippen LogP contribution in [0.15, 0.2) is 52.0 Å². The van der Waals surface area contributed by atoms with Gasteiger partial charge in [0.1, 0.15) is 0 Å². The van der Waals surface area contributed by atoms with Crippen molar-refractivity contribution < 1.29 is 14.3 Å². The van der Waals surface area contributed by atoms with Gasteiger partial charge in [-0.1, -0.05) is 18.2 Å². The molecule has 0 unspecified atom stereocenters. The first-order valence-electron chi connectivity index (χ1n) is 6.45. The average molecular weight is 363 g/mol. The molecule has 1 N–H and O–H groups in total. The Morgan fingerprint density at radius 1 is 1.18 bits per heavy atom. The summed E-state index contributed by atoms with van der Waals surface area (Å²) in [7, 11) is 3.12. The molecule has 0 saturated heterocycles. The molecule has 6 heteroatoms. The summed E-state index contributed by atoms with van der Waals surface area (Å²) in [5.74, 6) is 0.914. The molecule has 0 spiro atoms. The molecule has 2 aromatic carbocycles. The SMILES string of the molecule is COc1cc(/C=N/NC(=O)c2ccccc2)cc(Br)c1OC. The number of amides is 1. The van der Waals surface area contributed by atoms with Crippen LogP contribution in [0.25, 0.3) is 0 Å². The number of carbonyl (C=O) groups is 1. The first kappa shape index (κ1) is 16.0. The van der Waals surface area contributed by atoms with E-state index < -0.39 is 0 Å². The van der Waals surface area contributed by atoms with Gasteiger partial charge < -0.3 is 9.47 Å². The molecular formula is C16H15BrN2O3. The van der Waals surface area contributed by atoms with Crippen LogP contribution in [0.2, 0.25) is 0 Å². The molecule has 0 saturated carbocycles. The Kier molecular flexibility index (Phi) is 5.55. The van der Waals surface area contributed by atoms with Crippen LogP contribution in [0.4, 0.5) is 0 Å². The van der Waals surface area contributed by atoms with Crippen LogP contribution in [-0.2, 0) is 0 Å². The second-order valence-corrected chi connectivity index (χ2v) is 5.16. The normalized spacial score (nSPS) is 10.5. The topological polar surface area (TPSA) is 59.9 Å². The number of halogens is 1. The van der Waals surface area contributed by atoms with E-state index >= 15 is 0 Å². The Morgan fingerprint density at radius 3 is 2.55 bits per heavy atom. The summed E-state index contributed by atoms with van der Waals surface area (Å²) >= 11 is 3.40. The number of benzene rings is 2. The number of hydrogen-bond acceptors (Lipinski definition) is 4. The smallest absolute Gasteiger partial charge is 0.271 e. The van der Waals surface area contributed by atoms with Gasteiger partial charge in [-0.2, -0.15) is 5.10 Å². The van der Waals surface area contributed by atoms with E-state index in [1.165, 1.54) is 6.21 Å². The molecule has 114 valence electrons. The number of nitrogens with zero attached hydrogens (tertiary/aromatic N) is 1. The number of nitrogens with one attached hydrogen (secondary N) is 1. The van der Waals surface area contributed by atoms with Gasteiger partial charge in [0.15, 0.2) is 11.5 Å². The minimum absolute atomic E-state index is 0.267. The zero-order valence-electron chi connectivity index (χ0n) is 12.2. The molecule has 0 fully saturated rings. The lowest BCUT2D eigenvalue weighted by molar-refractivity contribution is 0.0955. The van der Waals surface area contributed by atoms with Crippen LogP contribution >= 0.6 is 15.9 Å². The number of ether oxygens (including phenoxy) is 2. The maximum atomic E-state index is 11.8. The highest BCUT2D eigenvalue weighted by molar-refractivity contribution is 9.10. The van der Waals surface area contributed by atoms with Crippen molar-refractivity contribution in [2.45, 2.75) is 0 Å².